The van der Waals surface area contributed by atoms with Gasteiger partial charge in [0.25, 0.3) is 0 Å². The SMILES string of the molecule is CCOC(=O)CCNc1ncc(C)cn1. The van der Waals surface area contributed by atoms with Crippen molar-refractivity contribution in [1.82, 2.24) is 9.97 Å². The van der Waals surface area contributed by atoms with Gasteiger partial charge >= 0.3 is 5.97 Å². The molecule has 1 aromatic heterocycles. The Morgan fingerprint density at radius 1 is 1.47 bits per heavy atom. The van der Waals surface area contributed by atoms with E-state index in [1.54, 1.807) is 19.3 Å². The van der Waals surface area contributed by atoms with Crippen LogP contribution in [0.4, 0.5) is 5.95 Å². The maximum Gasteiger partial charge on any atom is 0.307 e. The van der Waals surface area contributed by atoms with Crippen LogP contribution in [0.3, 0.4) is 0 Å². The molecule has 0 aliphatic heterocycles. The van der Waals surface area contributed by atoms with Gasteiger partial charge in [-0.1, -0.05) is 0 Å². The standard InChI is InChI=1S/C10H15N3O2/c1-3-15-9(14)4-5-11-10-12-6-8(2)7-13-10/h6-7H,3-5H2,1-2H3,(H,11,12,13). The molecule has 0 aliphatic rings. The van der Waals surface area contributed by atoms with Crippen LogP contribution in [0.15, 0.2) is 12.4 Å². The van der Waals surface area contributed by atoms with E-state index in [2.05, 4.69) is 15.3 Å². The van der Waals surface area contributed by atoms with Crippen LogP contribution in [0, 0.1) is 6.92 Å². The van der Waals surface area contributed by atoms with Crippen molar-refractivity contribution in [3.8, 4) is 0 Å². The van der Waals surface area contributed by atoms with Gasteiger partial charge in [-0.05, 0) is 19.4 Å². The van der Waals surface area contributed by atoms with Gasteiger partial charge < -0.3 is 10.1 Å². The van der Waals surface area contributed by atoms with E-state index in [-0.39, 0.29) is 5.97 Å². The summed E-state index contributed by atoms with van der Waals surface area (Å²) in [4.78, 5) is 19.1. The van der Waals surface area contributed by atoms with Gasteiger partial charge in [0.1, 0.15) is 0 Å². The van der Waals surface area contributed by atoms with E-state index >= 15 is 0 Å². The molecule has 0 unspecified atom stereocenters. The van der Waals surface area contributed by atoms with Crippen molar-refractivity contribution in [3.63, 3.8) is 0 Å². The van der Waals surface area contributed by atoms with E-state index in [1.807, 2.05) is 6.92 Å². The lowest BCUT2D eigenvalue weighted by Gasteiger charge is -2.04. The molecule has 5 nitrogen and oxygen atoms in total. The lowest BCUT2D eigenvalue weighted by atomic mass is 10.4. The second-order valence-electron chi connectivity index (χ2n) is 3.07. The van der Waals surface area contributed by atoms with Crippen LogP contribution in [0.1, 0.15) is 18.9 Å². The van der Waals surface area contributed by atoms with Crippen molar-refractivity contribution in [2.75, 3.05) is 18.5 Å². The molecular weight excluding hydrogens is 194 g/mol. The number of rotatable bonds is 5. The highest BCUT2D eigenvalue weighted by Crippen LogP contribution is 1.98. The van der Waals surface area contributed by atoms with Crippen molar-refractivity contribution in [1.29, 1.82) is 0 Å². The number of nitrogens with zero attached hydrogens (tertiary/aromatic N) is 2. The first-order valence-electron chi connectivity index (χ1n) is 4.90. The number of carbonyl (C=O) groups excluding carboxylic acids is 1. The Bertz CT molecular complexity index is 311. The number of carbonyl (C=O) groups is 1. The summed E-state index contributed by atoms with van der Waals surface area (Å²) in [5.74, 6) is 0.321. The zero-order valence-electron chi connectivity index (χ0n) is 8.99. The van der Waals surface area contributed by atoms with Gasteiger partial charge in [0.15, 0.2) is 0 Å². The molecule has 5 heteroatoms. The quantitative estimate of drug-likeness (QED) is 0.737. The minimum absolute atomic E-state index is 0.211. The number of ether oxygens (including phenoxy) is 1. The Morgan fingerprint density at radius 2 is 2.13 bits per heavy atom. The first-order chi connectivity index (χ1) is 7.22. The van der Waals surface area contributed by atoms with Crippen LogP contribution >= 0.6 is 0 Å². The predicted octanol–water partition coefficient (Wildman–Crippen LogP) is 1.15. The topological polar surface area (TPSA) is 64.1 Å². The molecule has 0 fully saturated rings. The molecule has 0 saturated heterocycles. The average molecular weight is 209 g/mol. The summed E-state index contributed by atoms with van der Waals surface area (Å²) < 4.78 is 4.78. The molecule has 0 amide bonds. The largest absolute Gasteiger partial charge is 0.466 e. The number of hydrogen-bond donors (Lipinski definition) is 1. The maximum absolute atomic E-state index is 11.0. The molecule has 0 saturated carbocycles. The zero-order chi connectivity index (χ0) is 11.1. The van der Waals surface area contributed by atoms with E-state index in [0.717, 1.165) is 5.56 Å². The maximum atomic E-state index is 11.0. The fourth-order valence-corrected chi connectivity index (χ4v) is 0.993. The van der Waals surface area contributed by atoms with E-state index in [4.69, 9.17) is 4.74 Å². The van der Waals surface area contributed by atoms with Crippen LogP contribution in [0.25, 0.3) is 0 Å². The van der Waals surface area contributed by atoms with Crippen molar-refractivity contribution in [3.05, 3.63) is 18.0 Å². The number of aromatic nitrogens is 2. The normalized spacial score (nSPS) is 9.73. The Morgan fingerprint density at radius 3 is 2.73 bits per heavy atom. The molecule has 1 rings (SSSR count). The van der Waals surface area contributed by atoms with Crippen molar-refractivity contribution < 1.29 is 9.53 Å². The summed E-state index contributed by atoms with van der Waals surface area (Å²) >= 11 is 0. The summed E-state index contributed by atoms with van der Waals surface area (Å²) in [7, 11) is 0. The molecule has 0 atom stereocenters. The number of hydrogen-bond acceptors (Lipinski definition) is 5. The van der Waals surface area contributed by atoms with Gasteiger partial charge in [-0.15, -0.1) is 0 Å². The molecule has 0 aromatic carbocycles. The summed E-state index contributed by atoms with van der Waals surface area (Å²) in [6, 6.07) is 0. The van der Waals surface area contributed by atoms with Crippen molar-refractivity contribution in [2.45, 2.75) is 20.3 Å². The first-order valence-corrected chi connectivity index (χ1v) is 4.90. The fraction of sp³-hybridized carbons (Fsp3) is 0.500. The summed E-state index contributed by atoms with van der Waals surface area (Å²) in [5.41, 5.74) is 1.01. The summed E-state index contributed by atoms with van der Waals surface area (Å²) in [5, 5.41) is 2.94. The van der Waals surface area contributed by atoms with Gasteiger partial charge in [-0.3, -0.25) is 4.79 Å². The smallest absolute Gasteiger partial charge is 0.307 e. The molecule has 1 heterocycles. The van der Waals surface area contributed by atoms with Gasteiger partial charge in [0, 0.05) is 18.9 Å². The molecular formula is C10H15N3O2. The third-order valence-corrected chi connectivity index (χ3v) is 1.70. The molecule has 1 aromatic rings. The molecule has 0 radical (unpaired) electrons. The van der Waals surface area contributed by atoms with Crippen LogP contribution < -0.4 is 5.32 Å². The second-order valence-corrected chi connectivity index (χ2v) is 3.07. The fourth-order valence-electron chi connectivity index (χ4n) is 0.993. The minimum Gasteiger partial charge on any atom is -0.466 e. The van der Waals surface area contributed by atoms with E-state index in [1.165, 1.54) is 0 Å². The molecule has 0 aliphatic carbocycles. The monoisotopic (exact) mass is 209 g/mol. The molecule has 0 bridgehead atoms. The Hall–Kier alpha value is -1.65. The lowest BCUT2D eigenvalue weighted by Crippen LogP contribution is -2.12. The highest BCUT2D eigenvalue weighted by Gasteiger charge is 2.01. The van der Waals surface area contributed by atoms with E-state index in [0.29, 0.717) is 25.5 Å². The zero-order valence-corrected chi connectivity index (χ0v) is 8.99. The Kier molecular flexibility index (Phi) is 4.53. The first kappa shape index (κ1) is 11.4. The van der Waals surface area contributed by atoms with Gasteiger partial charge in [-0.2, -0.15) is 0 Å². The van der Waals surface area contributed by atoms with Crippen molar-refractivity contribution >= 4 is 11.9 Å². The Labute approximate surface area is 88.9 Å². The van der Waals surface area contributed by atoms with E-state index in [9.17, 15) is 4.79 Å². The number of aryl methyl sites for hydroxylation is 1. The van der Waals surface area contributed by atoms with Gasteiger partial charge in [0.2, 0.25) is 5.95 Å². The molecule has 0 spiro atoms. The third kappa shape index (κ3) is 4.39. The highest BCUT2D eigenvalue weighted by atomic mass is 16.5. The van der Waals surface area contributed by atoms with Gasteiger partial charge in [0.05, 0.1) is 13.0 Å². The van der Waals surface area contributed by atoms with Crippen LogP contribution in [0.2, 0.25) is 0 Å². The lowest BCUT2D eigenvalue weighted by molar-refractivity contribution is -0.142. The van der Waals surface area contributed by atoms with Crippen LogP contribution in [0.5, 0.6) is 0 Å². The molecule has 1 N–H and O–H groups in total. The second kappa shape index (κ2) is 5.95. The van der Waals surface area contributed by atoms with Gasteiger partial charge in [-0.25, -0.2) is 9.97 Å². The summed E-state index contributed by atoms with van der Waals surface area (Å²) in [6.45, 7) is 4.61. The number of anilines is 1. The number of esters is 1. The molecule has 82 valence electrons. The van der Waals surface area contributed by atoms with E-state index < -0.39 is 0 Å². The third-order valence-electron chi connectivity index (χ3n) is 1.70. The predicted molar refractivity (Wildman–Crippen MR) is 56.5 cm³/mol. The Balaban J connectivity index is 2.26. The average Bonchev–Trinajstić information content (AvgIpc) is 2.21. The molecule has 15 heavy (non-hydrogen) atoms. The highest BCUT2D eigenvalue weighted by molar-refractivity contribution is 5.69. The van der Waals surface area contributed by atoms with Crippen LogP contribution in [-0.2, 0) is 9.53 Å². The van der Waals surface area contributed by atoms with Crippen LogP contribution in [-0.4, -0.2) is 29.1 Å². The number of nitrogens with one attached hydrogen (secondary N) is 1. The minimum atomic E-state index is -0.211. The van der Waals surface area contributed by atoms with Crippen molar-refractivity contribution in [2.24, 2.45) is 0 Å². The summed E-state index contributed by atoms with van der Waals surface area (Å²) in [6.07, 6.45) is 3.77.